The van der Waals surface area contributed by atoms with Crippen LogP contribution < -0.4 is 5.73 Å². The van der Waals surface area contributed by atoms with E-state index in [1.54, 1.807) is 0 Å². The molecular weight excluding hydrogens is 265 g/mol. The average molecular weight is 286 g/mol. The highest BCUT2D eigenvalue weighted by Gasteiger charge is 2.36. The van der Waals surface area contributed by atoms with E-state index < -0.39 is 0 Å². The van der Waals surface area contributed by atoms with Crippen molar-refractivity contribution in [1.82, 2.24) is 0 Å². The summed E-state index contributed by atoms with van der Waals surface area (Å²) in [5.74, 6) is 0.957. The number of nitrogens with two attached hydrogens (primary N) is 1. The quantitative estimate of drug-likeness (QED) is 0.825. The first kappa shape index (κ1) is 14.2. The summed E-state index contributed by atoms with van der Waals surface area (Å²) >= 11 is 12.5. The Hall–Kier alpha value is -0.240. The van der Waals surface area contributed by atoms with Crippen molar-refractivity contribution in [2.24, 2.45) is 17.1 Å². The molecule has 1 saturated carbocycles. The maximum Gasteiger partial charge on any atom is 0.0627 e. The zero-order chi connectivity index (χ0) is 13.3. The van der Waals surface area contributed by atoms with Gasteiger partial charge in [-0.05, 0) is 54.7 Å². The van der Waals surface area contributed by atoms with Crippen molar-refractivity contribution in [1.29, 1.82) is 0 Å². The van der Waals surface area contributed by atoms with Crippen LogP contribution in [-0.2, 0) is 0 Å². The number of hydrogen-bond acceptors (Lipinski definition) is 1. The van der Waals surface area contributed by atoms with Crippen LogP contribution in [0, 0.1) is 11.3 Å². The Balaban J connectivity index is 2.36. The lowest BCUT2D eigenvalue weighted by Crippen LogP contribution is -2.32. The molecule has 1 aliphatic carbocycles. The van der Waals surface area contributed by atoms with E-state index >= 15 is 0 Å². The largest absolute Gasteiger partial charge is 0.330 e. The minimum Gasteiger partial charge on any atom is -0.330 e. The van der Waals surface area contributed by atoms with E-state index in [1.807, 2.05) is 12.1 Å². The zero-order valence-electron chi connectivity index (χ0n) is 11.0. The first-order chi connectivity index (χ1) is 8.44. The second kappa shape index (κ2) is 5.40. The summed E-state index contributed by atoms with van der Waals surface area (Å²) in [6.45, 7) is 5.37. The van der Waals surface area contributed by atoms with Gasteiger partial charge in [-0.15, -0.1) is 0 Å². The highest BCUT2D eigenvalue weighted by molar-refractivity contribution is 6.42. The molecule has 2 N–H and O–H groups in total. The van der Waals surface area contributed by atoms with Crippen LogP contribution in [-0.4, -0.2) is 6.54 Å². The van der Waals surface area contributed by atoms with Gasteiger partial charge in [0.25, 0.3) is 0 Å². The van der Waals surface area contributed by atoms with Crippen molar-refractivity contribution in [3.63, 3.8) is 0 Å². The Bertz CT molecular complexity index is 429. The molecule has 100 valence electrons. The van der Waals surface area contributed by atoms with Gasteiger partial charge in [-0.1, -0.05) is 49.2 Å². The van der Waals surface area contributed by atoms with Gasteiger partial charge in [0.05, 0.1) is 10.0 Å². The highest BCUT2D eigenvalue weighted by Crippen LogP contribution is 2.48. The predicted molar refractivity (Wildman–Crippen MR) is 79.4 cm³/mol. The number of benzene rings is 1. The molecule has 1 nitrogen and oxygen atoms in total. The van der Waals surface area contributed by atoms with Gasteiger partial charge in [0.2, 0.25) is 0 Å². The van der Waals surface area contributed by atoms with Crippen LogP contribution in [0.2, 0.25) is 10.0 Å². The summed E-state index contributed by atoms with van der Waals surface area (Å²) in [5.41, 5.74) is 7.47. The van der Waals surface area contributed by atoms with Gasteiger partial charge in [0, 0.05) is 0 Å². The van der Waals surface area contributed by atoms with Crippen LogP contribution in [0.4, 0.5) is 0 Å². The van der Waals surface area contributed by atoms with E-state index in [9.17, 15) is 0 Å². The second-order valence-corrected chi connectivity index (χ2v) is 6.94. The molecule has 0 bridgehead atoms. The van der Waals surface area contributed by atoms with Crippen LogP contribution in [0.15, 0.2) is 18.2 Å². The van der Waals surface area contributed by atoms with Crippen molar-refractivity contribution < 1.29 is 0 Å². The highest BCUT2D eigenvalue weighted by atomic mass is 35.5. The summed E-state index contributed by atoms with van der Waals surface area (Å²) in [6.07, 6.45) is 3.55. The van der Waals surface area contributed by atoms with Gasteiger partial charge in [0.1, 0.15) is 0 Å². The molecule has 1 aromatic carbocycles. The van der Waals surface area contributed by atoms with E-state index in [4.69, 9.17) is 28.9 Å². The molecule has 1 aromatic rings. The summed E-state index contributed by atoms with van der Waals surface area (Å²) in [5, 5.41) is 1.36. The molecule has 2 atom stereocenters. The van der Waals surface area contributed by atoms with Gasteiger partial charge in [-0.25, -0.2) is 0 Å². The molecule has 0 heterocycles. The molecule has 0 spiro atoms. The summed E-state index contributed by atoms with van der Waals surface area (Å²) in [7, 11) is 0. The topological polar surface area (TPSA) is 26.0 Å². The molecule has 0 amide bonds. The SMILES string of the molecule is CC1(C)CCC(CN)C(c2cccc(Cl)c2Cl)C1. The molecular formula is C15H21Cl2N. The predicted octanol–water partition coefficient (Wildman–Crippen LogP) is 4.86. The van der Waals surface area contributed by atoms with Crippen molar-refractivity contribution in [3.05, 3.63) is 33.8 Å². The Kier molecular flexibility index (Phi) is 4.25. The average Bonchev–Trinajstić information content (AvgIpc) is 2.32. The standard InChI is InChI=1S/C15H21Cl2N/c1-15(2)7-6-10(9-18)12(8-15)11-4-3-5-13(16)14(11)17/h3-5,10,12H,6-9,18H2,1-2H3. The third-order valence-corrected chi connectivity index (χ3v) is 5.05. The van der Waals surface area contributed by atoms with Crippen molar-refractivity contribution in [2.75, 3.05) is 6.54 Å². The maximum absolute atomic E-state index is 6.37. The molecule has 18 heavy (non-hydrogen) atoms. The lowest BCUT2D eigenvalue weighted by Gasteiger charge is -2.41. The zero-order valence-corrected chi connectivity index (χ0v) is 12.6. The summed E-state index contributed by atoms with van der Waals surface area (Å²) < 4.78 is 0. The van der Waals surface area contributed by atoms with Crippen LogP contribution in [0.1, 0.15) is 44.6 Å². The molecule has 0 aromatic heterocycles. The fourth-order valence-electron chi connectivity index (χ4n) is 3.09. The number of rotatable bonds is 2. The summed E-state index contributed by atoms with van der Waals surface area (Å²) in [6, 6.07) is 5.93. The van der Waals surface area contributed by atoms with Crippen molar-refractivity contribution in [2.45, 2.75) is 39.0 Å². The molecule has 2 rings (SSSR count). The smallest absolute Gasteiger partial charge is 0.0627 e. The Morgan fingerprint density at radius 1 is 1.33 bits per heavy atom. The van der Waals surface area contributed by atoms with Crippen molar-refractivity contribution in [3.8, 4) is 0 Å². The number of halogens is 2. The lowest BCUT2D eigenvalue weighted by atomic mass is 9.65. The normalized spacial score (nSPS) is 27.2. The molecule has 0 aliphatic heterocycles. The minimum absolute atomic E-state index is 0.363. The molecule has 1 fully saturated rings. The Labute approximate surface area is 120 Å². The third kappa shape index (κ3) is 2.84. The monoisotopic (exact) mass is 285 g/mol. The maximum atomic E-state index is 6.37. The van der Waals surface area contributed by atoms with Crippen LogP contribution in [0.5, 0.6) is 0 Å². The molecule has 2 unspecified atom stereocenters. The fourth-order valence-corrected chi connectivity index (χ4v) is 3.54. The van der Waals surface area contributed by atoms with E-state index in [1.165, 1.54) is 18.4 Å². The fraction of sp³-hybridized carbons (Fsp3) is 0.600. The first-order valence-electron chi connectivity index (χ1n) is 6.58. The number of hydrogen-bond donors (Lipinski definition) is 1. The molecule has 0 radical (unpaired) electrons. The van der Waals surface area contributed by atoms with Gasteiger partial charge in [-0.2, -0.15) is 0 Å². The van der Waals surface area contributed by atoms with Gasteiger partial charge < -0.3 is 5.73 Å². The molecule has 1 aliphatic rings. The molecule has 3 heteroatoms. The van der Waals surface area contributed by atoms with E-state index in [0.717, 1.165) is 13.0 Å². The Morgan fingerprint density at radius 3 is 2.72 bits per heavy atom. The summed E-state index contributed by atoms with van der Waals surface area (Å²) in [4.78, 5) is 0. The van der Waals surface area contributed by atoms with E-state index in [0.29, 0.717) is 27.3 Å². The van der Waals surface area contributed by atoms with Crippen LogP contribution >= 0.6 is 23.2 Å². The van der Waals surface area contributed by atoms with Gasteiger partial charge >= 0.3 is 0 Å². The minimum atomic E-state index is 0.363. The van der Waals surface area contributed by atoms with Gasteiger partial charge in [0.15, 0.2) is 0 Å². The lowest BCUT2D eigenvalue weighted by molar-refractivity contribution is 0.166. The molecule has 0 saturated heterocycles. The first-order valence-corrected chi connectivity index (χ1v) is 7.34. The van der Waals surface area contributed by atoms with E-state index in [2.05, 4.69) is 19.9 Å². The van der Waals surface area contributed by atoms with Gasteiger partial charge in [-0.3, -0.25) is 0 Å². The van der Waals surface area contributed by atoms with Crippen LogP contribution in [0.25, 0.3) is 0 Å². The van der Waals surface area contributed by atoms with Crippen molar-refractivity contribution >= 4 is 23.2 Å². The van der Waals surface area contributed by atoms with Crippen LogP contribution in [0.3, 0.4) is 0 Å². The second-order valence-electron chi connectivity index (χ2n) is 6.15. The Morgan fingerprint density at radius 2 is 2.06 bits per heavy atom. The third-order valence-electron chi connectivity index (χ3n) is 4.22. The van der Waals surface area contributed by atoms with E-state index in [-0.39, 0.29) is 0 Å².